The van der Waals surface area contributed by atoms with Crippen molar-refractivity contribution in [2.24, 2.45) is 22.7 Å². The van der Waals surface area contributed by atoms with Gasteiger partial charge in [0.1, 0.15) is 19.7 Å². The van der Waals surface area contributed by atoms with Gasteiger partial charge in [-0.2, -0.15) is 26.3 Å². The minimum absolute atomic E-state index is 0.133. The number of hydrogen-bond donors (Lipinski definition) is 1. The van der Waals surface area contributed by atoms with Gasteiger partial charge in [-0.15, -0.1) is 6.42 Å². The third-order valence-electron chi connectivity index (χ3n) is 6.92. The number of carbonyl (C=O) groups is 2. The fourth-order valence-electron chi connectivity index (χ4n) is 5.96. The van der Waals surface area contributed by atoms with E-state index < -0.39 is 70.6 Å². The molecule has 0 spiro atoms. The Hall–Kier alpha value is -1.58. The van der Waals surface area contributed by atoms with Crippen LogP contribution in [0.3, 0.4) is 0 Å². The Balaban J connectivity index is 1.86. The first kappa shape index (κ1) is 27.0. The van der Waals surface area contributed by atoms with E-state index in [-0.39, 0.29) is 31.1 Å². The molecule has 0 heterocycles. The summed E-state index contributed by atoms with van der Waals surface area (Å²) in [4.78, 5) is 24.9. The van der Waals surface area contributed by atoms with Gasteiger partial charge in [0, 0.05) is 0 Å². The lowest BCUT2D eigenvalue weighted by Gasteiger charge is -2.59. The van der Waals surface area contributed by atoms with Crippen molar-refractivity contribution < 1.29 is 62.6 Å². The summed E-state index contributed by atoms with van der Waals surface area (Å²) in [6.07, 6.45) is -2.26. The second-order valence-corrected chi connectivity index (χ2v) is 13.7. The summed E-state index contributed by atoms with van der Waals surface area (Å²) in [5.74, 6) is -2.49. The molecule has 16 heteroatoms. The van der Waals surface area contributed by atoms with Crippen LogP contribution in [0, 0.1) is 27.2 Å². The maximum absolute atomic E-state index is 13.0. The van der Waals surface area contributed by atoms with Gasteiger partial charge in [0.2, 0.25) is 0 Å². The maximum atomic E-state index is 13.0. The van der Waals surface area contributed by atoms with Crippen molar-refractivity contribution in [3.05, 3.63) is 4.58 Å². The van der Waals surface area contributed by atoms with E-state index in [4.69, 9.17) is 4.74 Å². The highest BCUT2D eigenvalue weighted by Gasteiger charge is 2.64. The van der Waals surface area contributed by atoms with E-state index in [2.05, 4.69) is 0 Å². The predicted octanol–water partition coefficient (Wildman–Crippen LogP) is 3.34. The minimum atomic E-state index is -6.94. The van der Waals surface area contributed by atoms with Gasteiger partial charge >= 0.3 is 23.0 Å². The molecule has 3 atom stereocenters. The molecule has 0 aromatic heterocycles. The lowest BCUT2D eigenvalue weighted by Crippen LogP contribution is -2.58. The van der Waals surface area contributed by atoms with Gasteiger partial charge in [0.05, 0.1) is 16.9 Å². The molecule has 0 saturated heterocycles. The second kappa shape index (κ2) is 7.96. The molecule has 4 aliphatic carbocycles. The average molecular weight is 543 g/mol. The number of halogens is 6. The van der Waals surface area contributed by atoms with E-state index in [0.717, 1.165) is 6.92 Å². The smallest absolute Gasteiger partial charge is 0.469 e. The van der Waals surface area contributed by atoms with E-state index in [1.807, 2.05) is 0 Å². The largest absolute Gasteiger partial charge is 0.481 e. The Morgan fingerprint density at radius 1 is 0.941 bits per heavy atom. The summed E-state index contributed by atoms with van der Waals surface area (Å²) in [6.45, 7) is 0.767. The Morgan fingerprint density at radius 3 is 1.74 bits per heavy atom. The summed E-state index contributed by atoms with van der Waals surface area (Å²) < 4.78 is 126. The van der Waals surface area contributed by atoms with Gasteiger partial charge in [-0.05, 0) is 57.3 Å². The molecule has 1 N–H and O–H groups in total. The Labute approximate surface area is 190 Å². The summed E-state index contributed by atoms with van der Waals surface area (Å²) in [5.41, 5.74) is -15.2. The molecule has 0 radical (unpaired) electrons. The Bertz CT molecular complexity index is 1020. The van der Waals surface area contributed by atoms with Crippen molar-refractivity contribution in [2.45, 2.75) is 69.0 Å². The molecule has 4 bridgehead atoms. The number of alkyl halides is 6. The molecule has 4 fully saturated rings. The van der Waals surface area contributed by atoms with Crippen LogP contribution in [0.2, 0.25) is 0 Å². The van der Waals surface area contributed by atoms with E-state index in [0.29, 0.717) is 19.3 Å². The molecule has 8 nitrogen and oxygen atoms in total. The number of hydrogen-bond acceptors (Lipinski definition) is 7. The molecular formula is C18H21F6O8S2-. The molecule has 0 aromatic carbocycles. The molecule has 0 aromatic rings. The topological polar surface area (TPSA) is 132 Å². The fraction of sp³-hybridized carbons (Fsp3) is 0.833. The number of sulfone groups is 2. The number of rotatable bonds is 7. The highest BCUT2D eigenvalue weighted by Crippen LogP contribution is 2.65. The SMILES string of the molecule is CC(C[C-](S(=O)(=O)C(F)(F)F)S(=O)(=O)C(F)(F)F)OC(=O)C12CC3CC(CC(C(=O)O)(C3)C1)C2. The monoisotopic (exact) mass is 543 g/mol. The number of aliphatic carboxylic acids is 1. The van der Waals surface area contributed by atoms with Crippen LogP contribution in [-0.2, 0) is 34.0 Å². The van der Waals surface area contributed by atoms with Crippen molar-refractivity contribution in [3.63, 3.8) is 0 Å². The van der Waals surface area contributed by atoms with Gasteiger partial charge in [-0.1, -0.05) is 4.58 Å². The lowest BCUT2D eigenvalue weighted by atomic mass is 9.44. The van der Waals surface area contributed by atoms with Crippen molar-refractivity contribution in [2.75, 3.05) is 0 Å². The van der Waals surface area contributed by atoms with E-state index in [1.165, 1.54) is 0 Å². The van der Waals surface area contributed by atoms with Crippen LogP contribution in [0.5, 0.6) is 0 Å². The zero-order chi connectivity index (χ0) is 26.1. The van der Waals surface area contributed by atoms with Crippen molar-refractivity contribution in [3.8, 4) is 0 Å². The van der Waals surface area contributed by atoms with Gasteiger partial charge in [-0.3, -0.25) is 26.4 Å². The summed E-state index contributed by atoms with van der Waals surface area (Å²) in [7, 11) is -13.9. The second-order valence-electron chi connectivity index (χ2n) is 9.52. The van der Waals surface area contributed by atoms with Crippen LogP contribution in [0.25, 0.3) is 0 Å². The van der Waals surface area contributed by atoms with Crippen molar-refractivity contribution in [1.82, 2.24) is 0 Å². The van der Waals surface area contributed by atoms with Crippen LogP contribution < -0.4 is 0 Å². The highest BCUT2D eigenvalue weighted by molar-refractivity contribution is 8.13. The summed E-state index contributed by atoms with van der Waals surface area (Å²) in [5, 5.41) is 9.71. The van der Waals surface area contributed by atoms with Crippen LogP contribution in [0.15, 0.2) is 0 Å². The van der Waals surface area contributed by atoms with Gasteiger partial charge < -0.3 is 9.84 Å². The number of esters is 1. The molecule has 0 aliphatic heterocycles. The number of carboxylic acids is 1. The third-order valence-corrected chi connectivity index (χ3v) is 11.0. The molecule has 196 valence electrons. The van der Waals surface area contributed by atoms with Crippen LogP contribution >= 0.6 is 0 Å². The average Bonchev–Trinajstić information content (AvgIpc) is 2.62. The minimum Gasteiger partial charge on any atom is -0.481 e. The molecule has 4 rings (SSSR count). The Kier molecular flexibility index (Phi) is 6.33. The Morgan fingerprint density at radius 2 is 1.35 bits per heavy atom. The van der Waals surface area contributed by atoms with Crippen LogP contribution in [0.1, 0.15) is 51.9 Å². The van der Waals surface area contributed by atoms with Gasteiger partial charge in [0.15, 0.2) is 0 Å². The highest BCUT2D eigenvalue weighted by atomic mass is 32.3. The van der Waals surface area contributed by atoms with Gasteiger partial charge in [0.25, 0.3) is 0 Å². The predicted molar refractivity (Wildman–Crippen MR) is 101 cm³/mol. The maximum Gasteiger partial charge on any atom is 0.469 e. The number of carboxylic acid groups (broad SMARTS) is 1. The normalized spacial score (nSPS) is 32.6. The third kappa shape index (κ3) is 4.28. The zero-order valence-corrected chi connectivity index (χ0v) is 19.2. The van der Waals surface area contributed by atoms with Crippen LogP contribution in [-0.4, -0.2) is 51.0 Å². The van der Waals surface area contributed by atoms with Gasteiger partial charge in [-0.25, -0.2) is 0 Å². The molecular weight excluding hydrogens is 522 g/mol. The van der Waals surface area contributed by atoms with Crippen LogP contribution in [0.4, 0.5) is 26.3 Å². The van der Waals surface area contributed by atoms with Crippen molar-refractivity contribution in [1.29, 1.82) is 0 Å². The lowest BCUT2D eigenvalue weighted by molar-refractivity contribution is -0.193. The first-order chi connectivity index (χ1) is 15.2. The summed E-state index contributed by atoms with van der Waals surface area (Å²) >= 11 is 0. The van der Waals surface area contributed by atoms with E-state index >= 15 is 0 Å². The van der Waals surface area contributed by atoms with E-state index in [9.17, 15) is 57.9 Å². The van der Waals surface area contributed by atoms with Crippen molar-refractivity contribution >= 4 is 31.6 Å². The summed E-state index contributed by atoms with van der Waals surface area (Å²) in [6, 6.07) is 0. The number of ether oxygens (including phenoxy) is 1. The van der Waals surface area contributed by atoms with E-state index in [1.54, 1.807) is 0 Å². The molecule has 4 saturated carbocycles. The molecule has 4 aliphatic rings. The molecule has 3 unspecified atom stereocenters. The first-order valence-corrected chi connectivity index (χ1v) is 13.1. The standard InChI is InChI=1S/C18H21F6O8S2/c1-9(2-12(33(28,29)17(19,20)21)34(30,31)18(22,23)24)32-14(27)16-6-10-3-11(7-16)5-15(4-10,8-16)13(25)26/h9-11H,2-8H2,1H3,(H,25,26)/q-1. The zero-order valence-electron chi connectivity index (χ0n) is 17.6. The molecule has 34 heavy (non-hydrogen) atoms. The first-order valence-electron chi connectivity index (χ1n) is 10.1. The quantitative estimate of drug-likeness (QED) is 0.294. The fourth-order valence-corrected chi connectivity index (χ4v) is 9.10. The number of carbonyl (C=O) groups excluding carboxylic acids is 1. The molecule has 0 amide bonds.